The summed E-state index contributed by atoms with van der Waals surface area (Å²) in [6, 6.07) is 12.9. The molecule has 0 bridgehead atoms. The van der Waals surface area contributed by atoms with Crippen LogP contribution in [0, 0.1) is 0 Å². The van der Waals surface area contributed by atoms with Crippen molar-refractivity contribution in [3.8, 4) is 0 Å². The number of hydrogen-bond donors (Lipinski definition) is 0. The lowest BCUT2D eigenvalue weighted by Crippen LogP contribution is -2.15. The highest BCUT2D eigenvalue weighted by Crippen LogP contribution is 2.37. The molecule has 0 aliphatic carbocycles. The zero-order valence-corrected chi connectivity index (χ0v) is 12.4. The third-order valence-corrected chi connectivity index (χ3v) is 3.66. The number of unbranched alkanes of at least 4 members (excludes halogenated alkanes) is 1. The Labute approximate surface area is 132 Å². The van der Waals surface area contributed by atoms with Crippen LogP contribution >= 0.6 is 0 Å². The zero-order valence-electron chi connectivity index (χ0n) is 12.4. The molecule has 2 aromatic rings. The van der Waals surface area contributed by atoms with E-state index in [0.29, 0.717) is 18.9 Å². The summed E-state index contributed by atoms with van der Waals surface area (Å²) in [5, 5.41) is 0. The van der Waals surface area contributed by atoms with Gasteiger partial charge in [-0.05, 0) is 37.0 Å². The van der Waals surface area contributed by atoms with Gasteiger partial charge in [0.2, 0.25) is 0 Å². The lowest BCUT2D eigenvalue weighted by Gasteiger charge is -2.18. The van der Waals surface area contributed by atoms with E-state index in [9.17, 15) is 22.0 Å². The maximum atomic E-state index is 14.1. The molecule has 0 N–H and O–H groups in total. The van der Waals surface area contributed by atoms with E-state index in [1.165, 1.54) is 0 Å². The Morgan fingerprint density at radius 3 is 2.00 bits per heavy atom. The molecule has 0 amide bonds. The van der Waals surface area contributed by atoms with Crippen molar-refractivity contribution in [2.24, 2.45) is 0 Å². The predicted octanol–water partition coefficient (Wildman–Crippen LogP) is 6.21. The maximum Gasteiger partial charge on any atom is 0.416 e. The van der Waals surface area contributed by atoms with Crippen molar-refractivity contribution in [3.05, 3.63) is 71.3 Å². The van der Waals surface area contributed by atoms with E-state index in [1.807, 2.05) is 30.3 Å². The molecule has 0 aliphatic rings. The van der Waals surface area contributed by atoms with E-state index in [-0.39, 0.29) is 6.42 Å². The Morgan fingerprint density at radius 1 is 0.696 bits per heavy atom. The Bertz CT molecular complexity index is 617. The van der Waals surface area contributed by atoms with Crippen LogP contribution in [0.4, 0.5) is 22.0 Å². The minimum absolute atomic E-state index is 0.248. The van der Waals surface area contributed by atoms with Gasteiger partial charge in [0, 0.05) is 12.0 Å². The van der Waals surface area contributed by atoms with Gasteiger partial charge in [0.25, 0.3) is 5.92 Å². The molecule has 0 spiro atoms. The molecule has 0 heterocycles. The Hall–Kier alpha value is -1.91. The molecule has 2 aromatic carbocycles. The van der Waals surface area contributed by atoms with Crippen LogP contribution in [-0.2, 0) is 18.5 Å². The first-order valence-corrected chi connectivity index (χ1v) is 7.38. The molecule has 0 saturated carbocycles. The van der Waals surface area contributed by atoms with Crippen molar-refractivity contribution < 1.29 is 22.0 Å². The minimum Gasteiger partial charge on any atom is -0.201 e. The van der Waals surface area contributed by atoms with E-state index < -0.39 is 29.6 Å². The first kappa shape index (κ1) is 17.4. The Balaban J connectivity index is 1.93. The van der Waals surface area contributed by atoms with Crippen molar-refractivity contribution in [3.63, 3.8) is 0 Å². The van der Waals surface area contributed by atoms with Crippen molar-refractivity contribution >= 4 is 0 Å². The standard InChI is InChI=1S/C18H17F5/c19-17(20,12-5-4-9-14-7-2-1-3-8-14)15-10-6-11-16(13-15)18(21,22)23/h1-3,6-8,10-11,13H,4-5,9,12H2. The molecule has 23 heavy (non-hydrogen) atoms. The molecule has 0 aliphatic heterocycles. The van der Waals surface area contributed by atoms with Crippen LogP contribution in [0.5, 0.6) is 0 Å². The number of benzene rings is 2. The van der Waals surface area contributed by atoms with Crippen LogP contribution in [-0.4, -0.2) is 0 Å². The van der Waals surface area contributed by atoms with Crippen LogP contribution in [0.2, 0.25) is 0 Å². The molecule has 124 valence electrons. The van der Waals surface area contributed by atoms with Gasteiger partial charge in [-0.15, -0.1) is 0 Å². The van der Waals surface area contributed by atoms with Crippen LogP contribution in [0.1, 0.15) is 36.0 Å². The van der Waals surface area contributed by atoms with Crippen LogP contribution in [0.3, 0.4) is 0 Å². The number of rotatable bonds is 6. The Kier molecular flexibility index (Phi) is 5.39. The van der Waals surface area contributed by atoms with Crippen molar-refractivity contribution in [1.82, 2.24) is 0 Å². The summed E-state index contributed by atoms with van der Waals surface area (Å²) in [4.78, 5) is 0. The lowest BCUT2D eigenvalue weighted by atomic mass is 9.99. The number of halogens is 5. The van der Waals surface area contributed by atoms with Crippen molar-refractivity contribution in [2.75, 3.05) is 0 Å². The van der Waals surface area contributed by atoms with Gasteiger partial charge >= 0.3 is 6.18 Å². The van der Waals surface area contributed by atoms with E-state index >= 15 is 0 Å². The smallest absolute Gasteiger partial charge is 0.201 e. The molecule has 0 atom stereocenters. The highest BCUT2D eigenvalue weighted by Gasteiger charge is 2.35. The summed E-state index contributed by atoms with van der Waals surface area (Å²) < 4.78 is 66.0. The SMILES string of the molecule is FC(F)(F)c1cccc(C(F)(F)CCCCc2ccccc2)c1. The van der Waals surface area contributed by atoms with Gasteiger partial charge in [0.1, 0.15) is 0 Å². The topological polar surface area (TPSA) is 0 Å². The van der Waals surface area contributed by atoms with Crippen molar-refractivity contribution in [2.45, 2.75) is 37.8 Å². The molecule has 0 fully saturated rings. The monoisotopic (exact) mass is 328 g/mol. The molecule has 2 rings (SSSR count). The third kappa shape index (κ3) is 5.05. The first-order chi connectivity index (χ1) is 10.8. The van der Waals surface area contributed by atoms with E-state index in [2.05, 4.69) is 0 Å². The van der Waals surface area contributed by atoms with E-state index in [1.54, 1.807) is 0 Å². The van der Waals surface area contributed by atoms with E-state index in [0.717, 1.165) is 23.8 Å². The average Bonchev–Trinajstić information content (AvgIpc) is 2.52. The largest absolute Gasteiger partial charge is 0.416 e. The summed E-state index contributed by atoms with van der Waals surface area (Å²) in [6.07, 6.45) is -3.57. The summed E-state index contributed by atoms with van der Waals surface area (Å²) in [7, 11) is 0. The maximum absolute atomic E-state index is 14.1. The number of aryl methyl sites for hydroxylation is 1. The number of hydrogen-bond acceptors (Lipinski definition) is 0. The average molecular weight is 328 g/mol. The molecule has 0 aromatic heterocycles. The fourth-order valence-electron chi connectivity index (χ4n) is 2.39. The normalized spacial score (nSPS) is 12.4. The second-order valence-electron chi connectivity index (χ2n) is 5.48. The fourth-order valence-corrected chi connectivity index (χ4v) is 2.39. The van der Waals surface area contributed by atoms with Gasteiger partial charge < -0.3 is 0 Å². The van der Waals surface area contributed by atoms with Gasteiger partial charge in [-0.2, -0.15) is 13.2 Å². The molecule has 0 saturated heterocycles. The van der Waals surface area contributed by atoms with Crippen LogP contribution in [0.15, 0.2) is 54.6 Å². The molecule has 5 heteroatoms. The molecule has 0 radical (unpaired) electrons. The molecular formula is C18H17F5. The summed E-state index contributed by atoms with van der Waals surface area (Å²) in [6.45, 7) is 0. The second-order valence-corrected chi connectivity index (χ2v) is 5.48. The van der Waals surface area contributed by atoms with E-state index in [4.69, 9.17) is 0 Å². The van der Waals surface area contributed by atoms with Crippen LogP contribution < -0.4 is 0 Å². The lowest BCUT2D eigenvalue weighted by molar-refractivity contribution is -0.137. The molecule has 0 nitrogen and oxygen atoms in total. The zero-order chi connectivity index (χ0) is 16.9. The number of alkyl halides is 5. The Morgan fingerprint density at radius 2 is 1.35 bits per heavy atom. The van der Waals surface area contributed by atoms with Crippen LogP contribution in [0.25, 0.3) is 0 Å². The summed E-state index contributed by atoms with van der Waals surface area (Å²) in [5.74, 6) is -3.25. The minimum atomic E-state index is -4.61. The highest BCUT2D eigenvalue weighted by molar-refractivity contribution is 5.28. The van der Waals surface area contributed by atoms with Gasteiger partial charge in [-0.1, -0.05) is 42.5 Å². The quantitative estimate of drug-likeness (QED) is 0.437. The van der Waals surface area contributed by atoms with Gasteiger partial charge in [-0.25, -0.2) is 8.78 Å². The van der Waals surface area contributed by atoms with Gasteiger partial charge in [0.15, 0.2) is 0 Å². The highest BCUT2D eigenvalue weighted by atomic mass is 19.4. The summed E-state index contributed by atoms with van der Waals surface area (Å²) >= 11 is 0. The fraction of sp³-hybridized carbons (Fsp3) is 0.333. The molecule has 0 unspecified atom stereocenters. The van der Waals surface area contributed by atoms with Gasteiger partial charge in [-0.3, -0.25) is 0 Å². The third-order valence-electron chi connectivity index (χ3n) is 3.66. The predicted molar refractivity (Wildman–Crippen MR) is 79.3 cm³/mol. The second kappa shape index (κ2) is 7.11. The van der Waals surface area contributed by atoms with Crippen molar-refractivity contribution in [1.29, 1.82) is 0 Å². The van der Waals surface area contributed by atoms with Gasteiger partial charge in [0.05, 0.1) is 5.56 Å². The summed E-state index contributed by atoms with van der Waals surface area (Å²) in [5.41, 5.74) is -0.555. The first-order valence-electron chi connectivity index (χ1n) is 7.38. The molecular weight excluding hydrogens is 311 g/mol.